The van der Waals surface area contributed by atoms with Crippen molar-refractivity contribution in [3.8, 4) is 0 Å². The predicted molar refractivity (Wildman–Crippen MR) is 101 cm³/mol. The van der Waals surface area contributed by atoms with Gasteiger partial charge in [-0.05, 0) is 39.2 Å². The number of carbonyl (C=O) groups is 2. The summed E-state index contributed by atoms with van der Waals surface area (Å²) in [6.07, 6.45) is 0.322. The van der Waals surface area contributed by atoms with Crippen molar-refractivity contribution in [1.82, 2.24) is 10.2 Å². The van der Waals surface area contributed by atoms with E-state index in [1.165, 1.54) is 0 Å². The van der Waals surface area contributed by atoms with Crippen LogP contribution >= 0.6 is 0 Å². The van der Waals surface area contributed by atoms with E-state index in [2.05, 4.69) is 5.32 Å². The van der Waals surface area contributed by atoms with Crippen molar-refractivity contribution in [2.75, 3.05) is 26.8 Å². The minimum atomic E-state index is -0.555. The molecule has 0 aliphatic carbocycles. The first-order valence-corrected chi connectivity index (χ1v) is 9.19. The van der Waals surface area contributed by atoms with Crippen molar-refractivity contribution in [3.05, 3.63) is 35.9 Å². The number of ether oxygens (including phenoxy) is 3. The van der Waals surface area contributed by atoms with Gasteiger partial charge in [0.05, 0.1) is 12.1 Å². The first kappa shape index (κ1) is 21.0. The minimum Gasteiger partial charge on any atom is -0.445 e. The fourth-order valence-electron chi connectivity index (χ4n) is 3.00. The van der Waals surface area contributed by atoms with Gasteiger partial charge >= 0.3 is 12.2 Å². The van der Waals surface area contributed by atoms with Crippen molar-refractivity contribution >= 4 is 12.2 Å². The number of rotatable bonds is 5. The summed E-state index contributed by atoms with van der Waals surface area (Å²) in [4.78, 5) is 26.2. The lowest BCUT2D eigenvalue weighted by molar-refractivity contribution is 0.00549. The topological polar surface area (TPSA) is 77.1 Å². The highest BCUT2D eigenvalue weighted by atomic mass is 16.6. The van der Waals surface area contributed by atoms with Crippen LogP contribution in [-0.4, -0.2) is 55.0 Å². The predicted octanol–water partition coefficient (Wildman–Crippen LogP) is 3.33. The van der Waals surface area contributed by atoms with Crippen LogP contribution in [0.5, 0.6) is 0 Å². The van der Waals surface area contributed by atoms with Gasteiger partial charge in [0.2, 0.25) is 0 Å². The van der Waals surface area contributed by atoms with E-state index in [0.717, 1.165) is 5.56 Å². The molecule has 1 aliphatic rings. The lowest BCUT2D eigenvalue weighted by Gasteiger charge is -2.41. The number of carbonyl (C=O) groups excluding carboxylic acids is 2. The van der Waals surface area contributed by atoms with E-state index in [4.69, 9.17) is 14.2 Å². The van der Waals surface area contributed by atoms with Gasteiger partial charge in [-0.1, -0.05) is 30.3 Å². The summed E-state index contributed by atoms with van der Waals surface area (Å²) in [5, 5.41) is 2.95. The Balaban J connectivity index is 1.88. The Hall–Kier alpha value is -2.28. The average molecular weight is 378 g/mol. The molecule has 0 saturated carbocycles. The maximum absolute atomic E-state index is 12.3. The van der Waals surface area contributed by atoms with E-state index in [1.54, 1.807) is 12.0 Å². The summed E-state index contributed by atoms with van der Waals surface area (Å²) in [6, 6.07) is 9.51. The molecule has 1 N–H and O–H groups in total. The third-order valence-corrected chi connectivity index (χ3v) is 4.37. The Morgan fingerprint density at radius 3 is 2.33 bits per heavy atom. The smallest absolute Gasteiger partial charge is 0.410 e. The molecule has 27 heavy (non-hydrogen) atoms. The van der Waals surface area contributed by atoms with Gasteiger partial charge in [-0.2, -0.15) is 0 Å². The number of amides is 2. The normalized spacial score (nSPS) is 16.5. The number of benzene rings is 1. The third kappa shape index (κ3) is 6.75. The summed E-state index contributed by atoms with van der Waals surface area (Å²) in [5.41, 5.74) is -0.160. The van der Waals surface area contributed by atoms with Crippen molar-refractivity contribution < 1.29 is 23.8 Å². The van der Waals surface area contributed by atoms with Crippen molar-refractivity contribution in [3.63, 3.8) is 0 Å². The Bertz CT molecular complexity index is 619. The molecule has 7 nitrogen and oxygen atoms in total. The SMILES string of the molecule is COCC1(NC(=O)OCc2ccccc2)CCN(C(=O)OC(C)(C)C)CC1. The van der Waals surface area contributed by atoms with Crippen LogP contribution in [0.3, 0.4) is 0 Å². The Kier molecular flexibility index (Phi) is 7.07. The van der Waals surface area contributed by atoms with Gasteiger partial charge in [-0.15, -0.1) is 0 Å². The van der Waals surface area contributed by atoms with Gasteiger partial charge in [0, 0.05) is 20.2 Å². The Labute approximate surface area is 161 Å². The molecule has 0 aromatic heterocycles. The Morgan fingerprint density at radius 1 is 1.15 bits per heavy atom. The van der Waals surface area contributed by atoms with E-state index in [0.29, 0.717) is 32.5 Å². The van der Waals surface area contributed by atoms with Crippen LogP contribution < -0.4 is 5.32 Å². The molecule has 150 valence electrons. The van der Waals surface area contributed by atoms with Crippen LogP contribution in [0.25, 0.3) is 0 Å². The fraction of sp³-hybridized carbons (Fsp3) is 0.600. The van der Waals surface area contributed by atoms with Gasteiger partial charge in [-0.3, -0.25) is 0 Å². The van der Waals surface area contributed by atoms with E-state index >= 15 is 0 Å². The molecule has 2 amide bonds. The molecule has 0 spiro atoms. The summed E-state index contributed by atoms with van der Waals surface area (Å²) >= 11 is 0. The van der Waals surface area contributed by atoms with E-state index in [1.807, 2.05) is 51.1 Å². The van der Waals surface area contributed by atoms with Crippen molar-refractivity contribution in [2.24, 2.45) is 0 Å². The molecule has 0 atom stereocenters. The molecule has 1 aromatic rings. The zero-order valence-electron chi connectivity index (χ0n) is 16.6. The van der Waals surface area contributed by atoms with Crippen molar-refractivity contribution in [1.29, 1.82) is 0 Å². The van der Waals surface area contributed by atoms with Gasteiger partial charge in [-0.25, -0.2) is 9.59 Å². The van der Waals surface area contributed by atoms with Gasteiger partial charge in [0.1, 0.15) is 12.2 Å². The van der Waals surface area contributed by atoms with Gasteiger partial charge in [0.15, 0.2) is 0 Å². The second-order valence-electron chi connectivity index (χ2n) is 7.87. The second kappa shape index (κ2) is 9.08. The molecule has 7 heteroatoms. The summed E-state index contributed by atoms with van der Waals surface area (Å²) in [5.74, 6) is 0. The summed E-state index contributed by atoms with van der Waals surface area (Å²) < 4.78 is 16.1. The molecule has 1 aliphatic heterocycles. The Morgan fingerprint density at radius 2 is 1.78 bits per heavy atom. The monoisotopic (exact) mass is 378 g/mol. The standard InChI is InChI=1S/C20H30N2O5/c1-19(2,3)27-18(24)22-12-10-20(11-13-22,15-25-4)21-17(23)26-14-16-8-6-5-7-9-16/h5-9H,10-15H2,1-4H3,(H,21,23). The molecule has 0 unspecified atom stereocenters. The maximum Gasteiger partial charge on any atom is 0.410 e. The van der Waals surface area contributed by atoms with Crippen LogP contribution in [0.1, 0.15) is 39.2 Å². The maximum atomic E-state index is 12.3. The van der Waals surface area contributed by atoms with Crippen molar-refractivity contribution in [2.45, 2.75) is 51.4 Å². The van der Waals surface area contributed by atoms with Crippen LogP contribution in [0, 0.1) is 0 Å². The summed E-state index contributed by atoms with van der Waals surface area (Å²) in [7, 11) is 1.60. The number of methoxy groups -OCH3 is 1. The third-order valence-electron chi connectivity index (χ3n) is 4.37. The van der Waals surface area contributed by atoms with Crippen LogP contribution in [0.2, 0.25) is 0 Å². The highest BCUT2D eigenvalue weighted by Crippen LogP contribution is 2.24. The molecular weight excluding hydrogens is 348 g/mol. The van der Waals surface area contributed by atoms with E-state index < -0.39 is 17.2 Å². The molecule has 2 rings (SSSR count). The molecule has 1 fully saturated rings. The molecular formula is C20H30N2O5. The number of piperidine rings is 1. The average Bonchev–Trinajstić information content (AvgIpc) is 2.60. The lowest BCUT2D eigenvalue weighted by atomic mass is 9.88. The second-order valence-corrected chi connectivity index (χ2v) is 7.87. The van der Waals surface area contributed by atoms with E-state index in [-0.39, 0.29) is 12.7 Å². The highest BCUT2D eigenvalue weighted by molar-refractivity contribution is 5.69. The minimum absolute atomic E-state index is 0.208. The molecule has 0 radical (unpaired) electrons. The number of nitrogens with one attached hydrogen (secondary N) is 1. The van der Waals surface area contributed by atoms with Gasteiger partial charge in [0.25, 0.3) is 0 Å². The van der Waals surface area contributed by atoms with Crippen LogP contribution in [-0.2, 0) is 20.8 Å². The molecule has 1 saturated heterocycles. The molecule has 1 heterocycles. The quantitative estimate of drug-likeness (QED) is 0.850. The highest BCUT2D eigenvalue weighted by Gasteiger charge is 2.38. The first-order valence-electron chi connectivity index (χ1n) is 9.19. The largest absolute Gasteiger partial charge is 0.445 e. The molecule has 0 bridgehead atoms. The number of likely N-dealkylation sites (tertiary alicyclic amines) is 1. The zero-order valence-corrected chi connectivity index (χ0v) is 16.6. The number of alkyl carbamates (subject to hydrolysis) is 1. The number of nitrogens with zero attached hydrogens (tertiary/aromatic N) is 1. The summed E-state index contributed by atoms with van der Waals surface area (Å²) in [6.45, 7) is 7.06. The fourth-order valence-corrected chi connectivity index (χ4v) is 3.00. The number of hydrogen-bond donors (Lipinski definition) is 1. The van der Waals surface area contributed by atoms with Crippen LogP contribution in [0.4, 0.5) is 9.59 Å². The van der Waals surface area contributed by atoms with Crippen LogP contribution in [0.15, 0.2) is 30.3 Å². The zero-order chi connectivity index (χ0) is 19.9. The first-order chi connectivity index (χ1) is 12.7. The molecule has 1 aromatic carbocycles. The number of hydrogen-bond acceptors (Lipinski definition) is 5. The van der Waals surface area contributed by atoms with E-state index in [9.17, 15) is 9.59 Å². The lowest BCUT2D eigenvalue weighted by Crippen LogP contribution is -2.59. The van der Waals surface area contributed by atoms with Gasteiger partial charge < -0.3 is 24.4 Å².